The van der Waals surface area contributed by atoms with E-state index in [9.17, 15) is 14.4 Å². The van der Waals surface area contributed by atoms with Crippen LogP contribution >= 0.6 is 0 Å². The molecule has 1 amide bonds. The number of ether oxygens (including phenoxy) is 2. The van der Waals surface area contributed by atoms with Gasteiger partial charge in [-0.25, -0.2) is 0 Å². The second kappa shape index (κ2) is 10.1. The summed E-state index contributed by atoms with van der Waals surface area (Å²) in [5.41, 5.74) is 0.0775. The summed E-state index contributed by atoms with van der Waals surface area (Å²) in [5, 5.41) is 5.86. The summed E-state index contributed by atoms with van der Waals surface area (Å²) in [7, 11) is 2.63. The molecule has 0 unspecified atom stereocenters. The number of carbonyl (C=O) groups excluding carboxylic acids is 3. The number of rotatable bonds is 8. The zero-order valence-electron chi connectivity index (χ0n) is 16.0. The van der Waals surface area contributed by atoms with Crippen LogP contribution in [0.15, 0.2) is 30.3 Å². The summed E-state index contributed by atoms with van der Waals surface area (Å²) in [6, 6.07) is 8.88. The van der Waals surface area contributed by atoms with E-state index in [-0.39, 0.29) is 18.4 Å². The molecule has 2 N–H and O–H groups in total. The Morgan fingerprint density at radius 3 is 2.30 bits per heavy atom. The Morgan fingerprint density at radius 1 is 1.04 bits per heavy atom. The highest BCUT2D eigenvalue weighted by Crippen LogP contribution is 2.30. The fourth-order valence-corrected chi connectivity index (χ4v) is 3.51. The largest absolute Gasteiger partial charge is 0.468 e. The third kappa shape index (κ3) is 5.79. The van der Waals surface area contributed by atoms with Gasteiger partial charge in [0.15, 0.2) is 0 Å². The minimum Gasteiger partial charge on any atom is -0.468 e. The summed E-state index contributed by atoms with van der Waals surface area (Å²) in [4.78, 5) is 36.7. The molecule has 1 aromatic rings. The van der Waals surface area contributed by atoms with Gasteiger partial charge in [0.05, 0.1) is 20.3 Å². The van der Waals surface area contributed by atoms with Crippen molar-refractivity contribution in [1.82, 2.24) is 10.6 Å². The minimum atomic E-state index is -0.880. The molecule has 148 valence electrons. The van der Waals surface area contributed by atoms with Gasteiger partial charge in [0.1, 0.15) is 12.1 Å². The van der Waals surface area contributed by atoms with Crippen LogP contribution in [-0.4, -0.2) is 50.2 Å². The zero-order valence-corrected chi connectivity index (χ0v) is 16.0. The van der Waals surface area contributed by atoms with E-state index in [0.717, 1.165) is 24.8 Å². The van der Waals surface area contributed by atoms with E-state index in [4.69, 9.17) is 4.74 Å². The molecular formula is C20H28N2O5. The molecule has 1 saturated carbocycles. The van der Waals surface area contributed by atoms with Gasteiger partial charge in [0, 0.05) is 0 Å². The Labute approximate surface area is 159 Å². The van der Waals surface area contributed by atoms with E-state index in [1.807, 2.05) is 30.3 Å². The molecule has 7 heteroatoms. The van der Waals surface area contributed by atoms with Gasteiger partial charge in [-0.15, -0.1) is 0 Å². The molecule has 1 aliphatic carbocycles. The lowest BCUT2D eigenvalue weighted by atomic mass is 9.80. The first kappa shape index (κ1) is 20.9. The molecule has 1 atom stereocenters. The number of methoxy groups -OCH3 is 2. The summed E-state index contributed by atoms with van der Waals surface area (Å²) >= 11 is 0. The molecule has 0 spiro atoms. The smallest absolute Gasteiger partial charge is 0.326 e. The Hall–Kier alpha value is -2.41. The molecule has 0 heterocycles. The van der Waals surface area contributed by atoms with Crippen molar-refractivity contribution in [2.45, 2.75) is 50.1 Å². The van der Waals surface area contributed by atoms with Crippen molar-refractivity contribution in [2.75, 3.05) is 20.8 Å². The van der Waals surface area contributed by atoms with E-state index in [2.05, 4.69) is 15.4 Å². The monoisotopic (exact) mass is 376 g/mol. The normalized spacial score (nSPS) is 16.8. The summed E-state index contributed by atoms with van der Waals surface area (Å²) in [6.07, 6.45) is 4.48. The first-order valence-corrected chi connectivity index (χ1v) is 9.25. The first-order chi connectivity index (χ1) is 13.0. The zero-order chi connectivity index (χ0) is 19.7. The highest BCUT2D eigenvalue weighted by atomic mass is 16.5. The van der Waals surface area contributed by atoms with Crippen molar-refractivity contribution in [3.8, 4) is 0 Å². The number of benzene rings is 1. The van der Waals surface area contributed by atoms with Crippen LogP contribution in [0.25, 0.3) is 0 Å². The second-order valence-corrected chi connectivity index (χ2v) is 6.81. The quantitative estimate of drug-likeness (QED) is 0.665. The van der Waals surface area contributed by atoms with Crippen LogP contribution in [-0.2, 0) is 30.3 Å². The van der Waals surface area contributed by atoms with E-state index in [0.29, 0.717) is 19.3 Å². The van der Waals surface area contributed by atoms with Crippen molar-refractivity contribution in [3.05, 3.63) is 35.9 Å². The number of hydrogen-bond donors (Lipinski definition) is 2. The average molecular weight is 376 g/mol. The van der Waals surface area contributed by atoms with Crippen LogP contribution in [0.1, 0.15) is 37.7 Å². The molecule has 1 aromatic carbocycles. The predicted octanol–water partition coefficient (Wildman–Crippen LogP) is 1.35. The van der Waals surface area contributed by atoms with Crippen LogP contribution in [0.4, 0.5) is 0 Å². The van der Waals surface area contributed by atoms with Crippen LogP contribution in [0.3, 0.4) is 0 Å². The highest BCUT2D eigenvalue weighted by Gasteiger charge is 2.43. The number of esters is 2. The van der Waals surface area contributed by atoms with Gasteiger partial charge in [-0.2, -0.15) is 0 Å². The molecule has 0 saturated heterocycles. The maximum Gasteiger partial charge on any atom is 0.326 e. The first-order valence-electron chi connectivity index (χ1n) is 9.25. The Balaban J connectivity index is 2.20. The number of nitrogens with one attached hydrogen (secondary N) is 2. The topological polar surface area (TPSA) is 93.7 Å². The summed E-state index contributed by atoms with van der Waals surface area (Å²) in [5.74, 6) is -1.22. The van der Waals surface area contributed by atoms with Gasteiger partial charge in [-0.05, 0) is 24.8 Å². The predicted molar refractivity (Wildman–Crippen MR) is 99.9 cm³/mol. The van der Waals surface area contributed by atoms with E-state index in [1.165, 1.54) is 14.2 Å². The lowest BCUT2D eigenvalue weighted by molar-refractivity contribution is -0.151. The van der Waals surface area contributed by atoms with E-state index >= 15 is 0 Å². The number of hydrogen-bond acceptors (Lipinski definition) is 6. The third-order valence-electron chi connectivity index (χ3n) is 4.97. The van der Waals surface area contributed by atoms with Gasteiger partial charge in [0.25, 0.3) is 0 Å². The van der Waals surface area contributed by atoms with E-state index < -0.39 is 17.6 Å². The van der Waals surface area contributed by atoms with Gasteiger partial charge < -0.3 is 14.8 Å². The highest BCUT2D eigenvalue weighted by molar-refractivity contribution is 5.87. The second-order valence-electron chi connectivity index (χ2n) is 6.81. The lowest BCUT2D eigenvalue weighted by Gasteiger charge is -2.38. The molecule has 0 radical (unpaired) electrons. The maximum atomic E-state index is 12.8. The lowest BCUT2D eigenvalue weighted by Crippen LogP contribution is -2.61. The molecule has 0 aromatic heterocycles. The SMILES string of the molecule is COC(=O)CNC(=O)[C@H](Cc1ccccc1)NC1(C(=O)OC)CCCCC1. The molecule has 1 aliphatic rings. The van der Waals surface area contributed by atoms with Crippen LogP contribution in [0.2, 0.25) is 0 Å². The van der Waals surface area contributed by atoms with Crippen LogP contribution < -0.4 is 10.6 Å². The van der Waals surface area contributed by atoms with Gasteiger partial charge in [-0.3, -0.25) is 19.7 Å². The van der Waals surface area contributed by atoms with Gasteiger partial charge in [0.2, 0.25) is 5.91 Å². The molecule has 27 heavy (non-hydrogen) atoms. The standard InChI is InChI=1S/C20H28N2O5/c1-26-17(23)14-21-18(24)16(13-15-9-5-3-6-10-15)22-20(19(25)27-2)11-7-4-8-12-20/h3,5-6,9-10,16,22H,4,7-8,11-14H2,1-2H3,(H,21,24)/t16-/m0/s1. The molecule has 7 nitrogen and oxygen atoms in total. The van der Waals surface area contributed by atoms with Gasteiger partial charge in [-0.1, -0.05) is 49.6 Å². The molecule has 0 aliphatic heterocycles. The Kier molecular flexibility index (Phi) is 7.79. The maximum absolute atomic E-state index is 12.8. The van der Waals surface area contributed by atoms with Crippen LogP contribution in [0, 0.1) is 0 Å². The fourth-order valence-electron chi connectivity index (χ4n) is 3.51. The van der Waals surface area contributed by atoms with Crippen molar-refractivity contribution >= 4 is 17.8 Å². The van der Waals surface area contributed by atoms with E-state index in [1.54, 1.807) is 0 Å². The third-order valence-corrected chi connectivity index (χ3v) is 4.97. The molecule has 0 bridgehead atoms. The van der Waals surface area contributed by atoms with Crippen molar-refractivity contribution in [3.63, 3.8) is 0 Å². The van der Waals surface area contributed by atoms with Crippen molar-refractivity contribution in [2.24, 2.45) is 0 Å². The fraction of sp³-hybridized carbons (Fsp3) is 0.550. The molecule has 2 rings (SSSR count). The summed E-state index contributed by atoms with van der Waals surface area (Å²) in [6.45, 7) is -0.215. The molecular weight excluding hydrogens is 348 g/mol. The van der Waals surface area contributed by atoms with Crippen LogP contribution in [0.5, 0.6) is 0 Å². The number of carbonyl (C=O) groups is 3. The van der Waals surface area contributed by atoms with Crippen molar-refractivity contribution in [1.29, 1.82) is 0 Å². The number of amides is 1. The van der Waals surface area contributed by atoms with Crippen molar-refractivity contribution < 1.29 is 23.9 Å². The summed E-state index contributed by atoms with van der Waals surface area (Å²) < 4.78 is 9.61. The average Bonchev–Trinajstić information content (AvgIpc) is 2.72. The molecule has 1 fully saturated rings. The van der Waals surface area contributed by atoms with Gasteiger partial charge >= 0.3 is 11.9 Å². The minimum absolute atomic E-state index is 0.215. The Morgan fingerprint density at radius 2 is 1.70 bits per heavy atom. The Bertz CT molecular complexity index is 641.